The molecule has 0 saturated carbocycles. The molecule has 1 aliphatic rings. The van der Waals surface area contributed by atoms with Gasteiger partial charge in [-0.3, -0.25) is 0 Å². The molecule has 1 N–H and O–H groups in total. The second kappa shape index (κ2) is 8.01. The van der Waals surface area contributed by atoms with Crippen LogP contribution in [0.5, 0.6) is 5.75 Å². The topological polar surface area (TPSA) is 30.5 Å². The lowest BCUT2D eigenvalue weighted by atomic mass is 9.89. The van der Waals surface area contributed by atoms with E-state index in [4.69, 9.17) is 9.47 Å². The SMILES string of the molecule is CCCNC1CCOCC1Cc1cc(OC)ccc1Br. The van der Waals surface area contributed by atoms with Gasteiger partial charge in [0.2, 0.25) is 0 Å². The summed E-state index contributed by atoms with van der Waals surface area (Å²) < 4.78 is 12.1. The van der Waals surface area contributed by atoms with E-state index in [1.54, 1.807) is 7.11 Å². The Kier molecular flexibility index (Phi) is 6.33. The summed E-state index contributed by atoms with van der Waals surface area (Å²) >= 11 is 3.64. The molecule has 2 rings (SSSR count). The van der Waals surface area contributed by atoms with Crippen LogP contribution in [0, 0.1) is 5.92 Å². The van der Waals surface area contributed by atoms with Gasteiger partial charge in [0.15, 0.2) is 0 Å². The predicted octanol–water partition coefficient (Wildman–Crippen LogP) is 3.40. The van der Waals surface area contributed by atoms with Crippen LogP contribution < -0.4 is 10.1 Å². The molecule has 0 aromatic heterocycles. The number of rotatable bonds is 6. The molecule has 2 unspecified atom stereocenters. The Hall–Kier alpha value is -0.580. The number of methoxy groups -OCH3 is 1. The molecule has 1 aliphatic heterocycles. The first-order valence-electron chi connectivity index (χ1n) is 7.38. The third-order valence-electron chi connectivity index (χ3n) is 3.87. The van der Waals surface area contributed by atoms with Gasteiger partial charge in [-0.2, -0.15) is 0 Å². The first-order chi connectivity index (χ1) is 9.74. The lowest BCUT2D eigenvalue weighted by Gasteiger charge is -2.32. The second-order valence-corrected chi connectivity index (χ2v) is 6.20. The number of hydrogen-bond acceptors (Lipinski definition) is 3. The Morgan fingerprint density at radius 3 is 3.05 bits per heavy atom. The average molecular weight is 342 g/mol. The van der Waals surface area contributed by atoms with Crippen molar-refractivity contribution in [3.63, 3.8) is 0 Å². The lowest BCUT2D eigenvalue weighted by molar-refractivity contribution is 0.0322. The molecule has 20 heavy (non-hydrogen) atoms. The third kappa shape index (κ3) is 4.21. The van der Waals surface area contributed by atoms with E-state index < -0.39 is 0 Å². The molecule has 1 heterocycles. The zero-order valence-corrected chi connectivity index (χ0v) is 13.9. The van der Waals surface area contributed by atoms with Gasteiger partial charge >= 0.3 is 0 Å². The quantitative estimate of drug-likeness (QED) is 0.860. The van der Waals surface area contributed by atoms with Gasteiger partial charge in [-0.25, -0.2) is 0 Å². The van der Waals surface area contributed by atoms with E-state index in [9.17, 15) is 0 Å². The number of ether oxygens (including phenoxy) is 2. The summed E-state index contributed by atoms with van der Waals surface area (Å²) in [7, 11) is 1.71. The number of hydrogen-bond donors (Lipinski definition) is 1. The molecule has 4 heteroatoms. The van der Waals surface area contributed by atoms with Gasteiger partial charge in [-0.15, -0.1) is 0 Å². The van der Waals surface area contributed by atoms with Gasteiger partial charge in [0, 0.05) is 23.0 Å². The highest BCUT2D eigenvalue weighted by atomic mass is 79.9. The van der Waals surface area contributed by atoms with Crippen LogP contribution in [-0.4, -0.2) is 32.9 Å². The van der Waals surface area contributed by atoms with Crippen molar-refractivity contribution in [3.05, 3.63) is 28.2 Å². The molecule has 1 saturated heterocycles. The molecule has 0 bridgehead atoms. The standard InChI is InChI=1S/C16H24BrNO2/c1-3-7-18-16-6-8-20-11-13(16)9-12-10-14(19-2)4-5-15(12)17/h4-5,10,13,16,18H,3,6-9,11H2,1-2H3. The summed E-state index contributed by atoms with van der Waals surface area (Å²) in [5, 5.41) is 3.66. The molecule has 0 spiro atoms. The number of nitrogens with one attached hydrogen (secondary N) is 1. The second-order valence-electron chi connectivity index (χ2n) is 5.35. The van der Waals surface area contributed by atoms with Gasteiger partial charge in [-0.1, -0.05) is 22.9 Å². The van der Waals surface area contributed by atoms with Crippen LogP contribution in [0.1, 0.15) is 25.3 Å². The van der Waals surface area contributed by atoms with Crippen molar-refractivity contribution in [1.29, 1.82) is 0 Å². The van der Waals surface area contributed by atoms with Crippen molar-refractivity contribution in [3.8, 4) is 5.75 Å². The Balaban J connectivity index is 2.05. The summed E-state index contributed by atoms with van der Waals surface area (Å²) in [5.41, 5.74) is 1.29. The number of benzene rings is 1. The van der Waals surface area contributed by atoms with Gasteiger partial charge in [0.05, 0.1) is 13.7 Å². The van der Waals surface area contributed by atoms with Crippen LogP contribution in [-0.2, 0) is 11.2 Å². The summed E-state index contributed by atoms with van der Waals surface area (Å²) in [5.74, 6) is 1.44. The van der Waals surface area contributed by atoms with Gasteiger partial charge in [0.25, 0.3) is 0 Å². The summed E-state index contributed by atoms with van der Waals surface area (Å²) in [6.07, 6.45) is 3.29. The van der Waals surface area contributed by atoms with E-state index >= 15 is 0 Å². The van der Waals surface area contributed by atoms with Crippen molar-refractivity contribution >= 4 is 15.9 Å². The van der Waals surface area contributed by atoms with Crippen molar-refractivity contribution < 1.29 is 9.47 Å². The molecule has 0 radical (unpaired) electrons. The van der Waals surface area contributed by atoms with E-state index in [-0.39, 0.29) is 0 Å². The van der Waals surface area contributed by atoms with Crippen molar-refractivity contribution in [1.82, 2.24) is 5.32 Å². The number of halogens is 1. The molecule has 0 aliphatic carbocycles. The summed E-state index contributed by atoms with van der Waals surface area (Å²) in [6.45, 7) is 5.00. The third-order valence-corrected chi connectivity index (χ3v) is 4.64. The molecule has 2 atom stereocenters. The van der Waals surface area contributed by atoms with E-state index in [0.29, 0.717) is 12.0 Å². The normalized spacial score (nSPS) is 22.8. The molecular formula is C16H24BrNO2. The average Bonchev–Trinajstić information content (AvgIpc) is 2.48. The molecule has 112 valence electrons. The summed E-state index contributed by atoms with van der Waals surface area (Å²) in [4.78, 5) is 0. The smallest absolute Gasteiger partial charge is 0.119 e. The minimum Gasteiger partial charge on any atom is -0.497 e. The van der Waals surface area contributed by atoms with E-state index in [0.717, 1.165) is 42.8 Å². The Bertz CT molecular complexity index is 425. The van der Waals surface area contributed by atoms with Crippen LogP contribution in [0.15, 0.2) is 22.7 Å². The first-order valence-corrected chi connectivity index (χ1v) is 8.17. The van der Waals surface area contributed by atoms with Gasteiger partial charge < -0.3 is 14.8 Å². The molecule has 1 aromatic carbocycles. The maximum absolute atomic E-state index is 5.67. The fourth-order valence-corrected chi connectivity index (χ4v) is 3.12. The molecule has 1 aromatic rings. The minimum absolute atomic E-state index is 0.527. The van der Waals surface area contributed by atoms with Crippen molar-refractivity contribution in [2.75, 3.05) is 26.9 Å². The monoisotopic (exact) mass is 341 g/mol. The fourth-order valence-electron chi connectivity index (χ4n) is 2.71. The zero-order chi connectivity index (χ0) is 14.4. The highest BCUT2D eigenvalue weighted by molar-refractivity contribution is 9.10. The highest BCUT2D eigenvalue weighted by Crippen LogP contribution is 2.27. The van der Waals surface area contributed by atoms with Crippen molar-refractivity contribution in [2.45, 2.75) is 32.2 Å². The van der Waals surface area contributed by atoms with E-state index in [1.165, 1.54) is 12.0 Å². The van der Waals surface area contributed by atoms with Crippen LogP contribution in [0.4, 0.5) is 0 Å². The molecule has 0 amide bonds. The maximum atomic E-state index is 5.67. The Morgan fingerprint density at radius 1 is 1.45 bits per heavy atom. The molecule has 3 nitrogen and oxygen atoms in total. The largest absolute Gasteiger partial charge is 0.497 e. The van der Waals surface area contributed by atoms with E-state index in [1.807, 2.05) is 6.07 Å². The Morgan fingerprint density at radius 2 is 2.30 bits per heavy atom. The first kappa shape index (κ1) is 15.8. The highest BCUT2D eigenvalue weighted by Gasteiger charge is 2.26. The zero-order valence-electron chi connectivity index (χ0n) is 12.3. The van der Waals surface area contributed by atoms with Crippen LogP contribution in [0.3, 0.4) is 0 Å². The van der Waals surface area contributed by atoms with Gasteiger partial charge in [-0.05, 0) is 49.6 Å². The van der Waals surface area contributed by atoms with Crippen LogP contribution in [0.2, 0.25) is 0 Å². The Labute approximate surface area is 130 Å². The van der Waals surface area contributed by atoms with E-state index in [2.05, 4.69) is 40.3 Å². The molecular weight excluding hydrogens is 318 g/mol. The fraction of sp³-hybridized carbons (Fsp3) is 0.625. The van der Waals surface area contributed by atoms with Crippen LogP contribution in [0.25, 0.3) is 0 Å². The van der Waals surface area contributed by atoms with Gasteiger partial charge in [0.1, 0.15) is 5.75 Å². The minimum atomic E-state index is 0.527. The lowest BCUT2D eigenvalue weighted by Crippen LogP contribution is -2.44. The maximum Gasteiger partial charge on any atom is 0.119 e. The predicted molar refractivity (Wildman–Crippen MR) is 85.4 cm³/mol. The summed E-state index contributed by atoms with van der Waals surface area (Å²) in [6, 6.07) is 6.72. The molecule has 1 fully saturated rings. The van der Waals surface area contributed by atoms with Crippen molar-refractivity contribution in [2.24, 2.45) is 5.92 Å². The van der Waals surface area contributed by atoms with Crippen LogP contribution >= 0.6 is 15.9 Å².